The van der Waals surface area contributed by atoms with Crippen molar-refractivity contribution in [3.63, 3.8) is 0 Å². The summed E-state index contributed by atoms with van der Waals surface area (Å²) in [5.74, 6) is -0.506. The summed E-state index contributed by atoms with van der Waals surface area (Å²) in [5, 5.41) is 2.92. The molecule has 0 spiro atoms. The minimum absolute atomic E-state index is 0.195. The third-order valence-corrected chi connectivity index (χ3v) is 5.75. The number of carbonyl (C=O) groups excluding carboxylic acids is 2. The molecule has 0 aromatic heterocycles. The molecule has 1 aliphatic heterocycles. The van der Waals surface area contributed by atoms with Gasteiger partial charge in [-0.15, -0.1) is 0 Å². The Bertz CT molecular complexity index is 1270. The number of carbonyl (C=O) groups is 2. The fourth-order valence-electron chi connectivity index (χ4n) is 4.19. The molecule has 1 atom stereocenters. The Morgan fingerprint density at radius 3 is 2.49 bits per heavy atom. The number of nitrogens with one attached hydrogen (secondary N) is 1. The van der Waals surface area contributed by atoms with Crippen LogP contribution in [0.3, 0.4) is 0 Å². The minimum Gasteiger partial charge on any atom is -0.496 e. The van der Waals surface area contributed by atoms with Crippen molar-refractivity contribution in [2.75, 3.05) is 33.1 Å². The molecule has 1 amide bonds. The standard InChI is InChI=1S/C28H29N3O4/c1-5-35-28(33)19-12-14-22-23(15-19)30-27(32)25(22)26(18-9-7-6-8-10-18)29-21-13-11-20(17-31(2)3)24(16-21)34-4/h6-16,25H,5,17H2,1-4H3,(H,30,32). The van der Waals surface area contributed by atoms with Crippen LogP contribution in [-0.4, -0.2) is 50.3 Å². The maximum absolute atomic E-state index is 13.2. The molecule has 7 nitrogen and oxygen atoms in total. The van der Waals surface area contributed by atoms with Gasteiger partial charge in [-0.3, -0.25) is 9.79 Å². The van der Waals surface area contributed by atoms with E-state index in [-0.39, 0.29) is 12.5 Å². The Hall–Kier alpha value is -3.97. The fraction of sp³-hybridized carbons (Fsp3) is 0.250. The predicted octanol–water partition coefficient (Wildman–Crippen LogP) is 4.79. The van der Waals surface area contributed by atoms with E-state index in [4.69, 9.17) is 14.5 Å². The summed E-state index contributed by atoms with van der Waals surface area (Å²) in [7, 11) is 5.65. The van der Waals surface area contributed by atoms with Gasteiger partial charge in [-0.1, -0.05) is 42.5 Å². The first-order valence-corrected chi connectivity index (χ1v) is 11.5. The van der Waals surface area contributed by atoms with Crippen LogP contribution in [0.4, 0.5) is 11.4 Å². The number of esters is 1. The number of rotatable bonds is 8. The van der Waals surface area contributed by atoms with E-state index in [2.05, 4.69) is 10.2 Å². The summed E-state index contributed by atoms with van der Waals surface area (Å²) < 4.78 is 10.7. The molecule has 7 heteroatoms. The molecule has 3 aromatic carbocycles. The smallest absolute Gasteiger partial charge is 0.338 e. The van der Waals surface area contributed by atoms with Gasteiger partial charge in [0.05, 0.1) is 30.7 Å². The van der Waals surface area contributed by atoms with Gasteiger partial charge in [-0.2, -0.15) is 0 Å². The molecule has 0 aliphatic carbocycles. The van der Waals surface area contributed by atoms with Gasteiger partial charge in [0.2, 0.25) is 5.91 Å². The highest BCUT2D eigenvalue weighted by molar-refractivity contribution is 6.24. The Morgan fingerprint density at radius 2 is 1.80 bits per heavy atom. The van der Waals surface area contributed by atoms with Crippen molar-refractivity contribution in [2.24, 2.45) is 4.99 Å². The summed E-state index contributed by atoms with van der Waals surface area (Å²) in [6, 6.07) is 20.6. The van der Waals surface area contributed by atoms with Gasteiger partial charge in [0.15, 0.2) is 0 Å². The number of methoxy groups -OCH3 is 1. The highest BCUT2D eigenvalue weighted by atomic mass is 16.5. The van der Waals surface area contributed by atoms with Crippen LogP contribution >= 0.6 is 0 Å². The molecule has 180 valence electrons. The summed E-state index contributed by atoms with van der Waals surface area (Å²) in [5.41, 5.74) is 4.95. The first kappa shape index (κ1) is 24.2. The predicted molar refractivity (Wildman–Crippen MR) is 137 cm³/mol. The molecule has 1 unspecified atom stereocenters. The number of amides is 1. The second-order valence-electron chi connectivity index (χ2n) is 8.54. The highest BCUT2D eigenvalue weighted by Gasteiger charge is 2.36. The van der Waals surface area contributed by atoms with E-state index in [9.17, 15) is 9.59 Å². The molecule has 1 aliphatic rings. The maximum atomic E-state index is 13.2. The maximum Gasteiger partial charge on any atom is 0.338 e. The van der Waals surface area contributed by atoms with E-state index in [1.165, 1.54) is 0 Å². The average Bonchev–Trinajstić information content (AvgIpc) is 3.18. The lowest BCUT2D eigenvalue weighted by Gasteiger charge is -2.16. The quantitative estimate of drug-likeness (QED) is 0.377. The van der Waals surface area contributed by atoms with Gasteiger partial charge >= 0.3 is 5.97 Å². The molecule has 4 rings (SSSR count). The van der Waals surface area contributed by atoms with Gasteiger partial charge < -0.3 is 19.7 Å². The van der Waals surface area contributed by atoms with E-state index in [0.29, 0.717) is 22.6 Å². The number of ether oxygens (including phenoxy) is 2. The normalized spacial score (nSPS) is 15.1. The number of hydrogen-bond acceptors (Lipinski definition) is 6. The molecule has 3 aromatic rings. The van der Waals surface area contributed by atoms with Crippen LogP contribution in [-0.2, 0) is 16.1 Å². The molecule has 0 bridgehead atoms. The van der Waals surface area contributed by atoms with Crippen LogP contribution in [0.15, 0.2) is 71.7 Å². The number of nitrogens with zero attached hydrogens (tertiary/aromatic N) is 2. The van der Waals surface area contributed by atoms with Gasteiger partial charge in [0, 0.05) is 23.9 Å². The molecular weight excluding hydrogens is 442 g/mol. The number of benzene rings is 3. The first-order chi connectivity index (χ1) is 16.9. The van der Waals surface area contributed by atoms with E-state index < -0.39 is 11.9 Å². The largest absolute Gasteiger partial charge is 0.496 e. The van der Waals surface area contributed by atoms with Crippen LogP contribution in [0.5, 0.6) is 5.75 Å². The van der Waals surface area contributed by atoms with E-state index in [1.807, 2.05) is 62.6 Å². The Balaban J connectivity index is 1.79. The second-order valence-corrected chi connectivity index (χ2v) is 8.54. The zero-order valence-electron chi connectivity index (χ0n) is 20.4. The van der Waals surface area contributed by atoms with Crippen molar-refractivity contribution in [1.82, 2.24) is 4.90 Å². The van der Waals surface area contributed by atoms with Gasteiger partial charge in [-0.05, 0) is 50.3 Å². The number of aliphatic imine (C=N–C) groups is 1. The fourth-order valence-corrected chi connectivity index (χ4v) is 4.19. The summed E-state index contributed by atoms with van der Waals surface area (Å²) >= 11 is 0. The summed E-state index contributed by atoms with van der Waals surface area (Å²) in [6.07, 6.45) is 0. The lowest BCUT2D eigenvalue weighted by Crippen LogP contribution is -2.22. The third kappa shape index (κ3) is 5.25. The third-order valence-electron chi connectivity index (χ3n) is 5.75. The summed E-state index contributed by atoms with van der Waals surface area (Å²) in [6.45, 7) is 2.78. The van der Waals surface area contributed by atoms with Gasteiger partial charge in [-0.25, -0.2) is 4.79 Å². The van der Waals surface area contributed by atoms with E-state index in [1.54, 1.807) is 32.2 Å². The number of anilines is 1. The minimum atomic E-state index is -0.629. The monoisotopic (exact) mass is 471 g/mol. The second kappa shape index (κ2) is 10.5. The van der Waals surface area contributed by atoms with E-state index in [0.717, 1.165) is 29.0 Å². The SMILES string of the molecule is CCOC(=O)c1ccc2c(c1)NC(=O)C2C(=Nc1ccc(CN(C)C)c(OC)c1)c1ccccc1. The van der Waals surface area contributed by atoms with Crippen LogP contribution < -0.4 is 10.1 Å². The molecule has 0 saturated heterocycles. The molecule has 35 heavy (non-hydrogen) atoms. The lowest BCUT2D eigenvalue weighted by molar-refractivity contribution is -0.115. The molecule has 0 radical (unpaired) electrons. The number of fused-ring (bicyclic) bond motifs is 1. The molecular formula is C28H29N3O4. The van der Waals surface area contributed by atoms with Crippen LogP contribution in [0.2, 0.25) is 0 Å². The summed E-state index contributed by atoms with van der Waals surface area (Å²) in [4.78, 5) is 32.4. The lowest BCUT2D eigenvalue weighted by atomic mass is 9.90. The zero-order valence-corrected chi connectivity index (χ0v) is 20.4. The van der Waals surface area contributed by atoms with Crippen molar-refractivity contribution >= 4 is 29.0 Å². The first-order valence-electron chi connectivity index (χ1n) is 11.5. The van der Waals surface area contributed by atoms with Crippen molar-refractivity contribution in [3.05, 3.63) is 89.0 Å². The topological polar surface area (TPSA) is 80.2 Å². The average molecular weight is 472 g/mol. The van der Waals surface area contributed by atoms with Crippen molar-refractivity contribution in [3.8, 4) is 5.75 Å². The molecule has 0 saturated carbocycles. The Labute approximate surface area is 205 Å². The zero-order chi connectivity index (χ0) is 24.9. The van der Waals surface area contributed by atoms with Gasteiger partial charge in [0.1, 0.15) is 11.7 Å². The highest BCUT2D eigenvalue weighted by Crippen LogP contribution is 2.37. The molecule has 0 fully saturated rings. The van der Waals surface area contributed by atoms with Crippen molar-refractivity contribution < 1.29 is 19.1 Å². The Morgan fingerprint density at radius 1 is 1.03 bits per heavy atom. The molecule has 1 N–H and O–H groups in total. The van der Waals surface area contributed by atoms with Crippen LogP contribution in [0.1, 0.15) is 39.9 Å². The van der Waals surface area contributed by atoms with Crippen LogP contribution in [0, 0.1) is 0 Å². The van der Waals surface area contributed by atoms with Crippen LogP contribution in [0.25, 0.3) is 0 Å². The number of hydrogen-bond donors (Lipinski definition) is 1. The van der Waals surface area contributed by atoms with Crippen molar-refractivity contribution in [2.45, 2.75) is 19.4 Å². The Kier molecular flexibility index (Phi) is 7.27. The molecule has 1 heterocycles. The van der Waals surface area contributed by atoms with Gasteiger partial charge in [0.25, 0.3) is 0 Å². The van der Waals surface area contributed by atoms with Crippen molar-refractivity contribution in [1.29, 1.82) is 0 Å². The van der Waals surface area contributed by atoms with E-state index >= 15 is 0 Å².